The Balaban J connectivity index is 1.83. The van der Waals surface area contributed by atoms with Crippen molar-refractivity contribution >= 4 is 28.5 Å². The monoisotopic (exact) mass is 424 g/mol. The van der Waals surface area contributed by atoms with Gasteiger partial charge in [0.05, 0.1) is 29.0 Å². The zero-order chi connectivity index (χ0) is 21.2. The van der Waals surface area contributed by atoms with Crippen LogP contribution in [0.4, 0.5) is 0 Å². The highest BCUT2D eigenvalue weighted by Crippen LogP contribution is 2.40. The standard InChI is InChI=1S/C23H21ClN2O4/c1-3-5-13-14-7-6-12(24)8-18(14)25-20-15(13)10-26-19(20)9-17-16(21(26)27)11-30-22(28)23(17,29)4-2/h6-9,29H,3-5,10-11H2,1-2H3/t23-/m0/s1. The van der Waals surface area contributed by atoms with Crippen molar-refractivity contribution in [2.24, 2.45) is 0 Å². The lowest BCUT2D eigenvalue weighted by Gasteiger charge is -2.31. The van der Waals surface area contributed by atoms with E-state index in [4.69, 9.17) is 21.3 Å². The number of cyclic esters (lactones) is 1. The van der Waals surface area contributed by atoms with Gasteiger partial charge in [-0.05, 0) is 36.6 Å². The SMILES string of the molecule is CCCc1c2c(nc3cc(Cl)ccc13)-c1cc3c(c(=O)n1C2)COC(=O)[C@]3(O)CC. The van der Waals surface area contributed by atoms with Crippen molar-refractivity contribution in [2.45, 2.75) is 51.9 Å². The zero-order valence-corrected chi connectivity index (χ0v) is 17.5. The molecule has 3 aromatic rings. The van der Waals surface area contributed by atoms with Crippen LogP contribution in [0.25, 0.3) is 22.3 Å². The molecular formula is C23H21ClN2O4. The van der Waals surface area contributed by atoms with Gasteiger partial charge in [-0.2, -0.15) is 0 Å². The summed E-state index contributed by atoms with van der Waals surface area (Å²) in [6.07, 6.45) is 1.93. The highest BCUT2D eigenvalue weighted by atomic mass is 35.5. The fourth-order valence-electron chi connectivity index (χ4n) is 4.67. The lowest BCUT2D eigenvalue weighted by atomic mass is 9.86. The maximum atomic E-state index is 13.3. The second-order valence-electron chi connectivity index (χ2n) is 7.93. The van der Waals surface area contributed by atoms with E-state index in [1.54, 1.807) is 17.6 Å². The molecule has 1 aromatic carbocycles. The molecule has 0 fully saturated rings. The van der Waals surface area contributed by atoms with Crippen molar-refractivity contribution in [3.05, 3.63) is 61.9 Å². The minimum Gasteiger partial charge on any atom is -0.458 e. The van der Waals surface area contributed by atoms with E-state index in [9.17, 15) is 14.7 Å². The van der Waals surface area contributed by atoms with Crippen LogP contribution in [-0.4, -0.2) is 20.6 Å². The van der Waals surface area contributed by atoms with Gasteiger partial charge < -0.3 is 14.4 Å². The molecule has 0 radical (unpaired) electrons. The van der Waals surface area contributed by atoms with Gasteiger partial charge in [-0.25, -0.2) is 9.78 Å². The number of pyridine rings is 2. The number of aryl methyl sites for hydroxylation is 1. The average molecular weight is 425 g/mol. The summed E-state index contributed by atoms with van der Waals surface area (Å²) >= 11 is 6.21. The molecule has 0 spiro atoms. The largest absolute Gasteiger partial charge is 0.458 e. The third kappa shape index (κ3) is 2.50. The number of rotatable bonds is 3. The smallest absolute Gasteiger partial charge is 0.343 e. The highest BCUT2D eigenvalue weighted by Gasteiger charge is 2.45. The maximum Gasteiger partial charge on any atom is 0.343 e. The van der Waals surface area contributed by atoms with E-state index < -0.39 is 11.6 Å². The van der Waals surface area contributed by atoms with Gasteiger partial charge >= 0.3 is 5.97 Å². The lowest BCUT2D eigenvalue weighted by Crippen LogP contribution is -2.44. The van der Waals surface area contributed by atoms with Crippen LogP contribution in [0.1, 0.15) is 48.9 Å². The minimum atomic E-state index is -1.82. The van der Waals surface area contributed by atoms with Crippen LogP contribution in [0.15, 0.2) is 29.1 Å². The molecule has 0 unspecified atom stereocenters. The summed E-state index contributed by atoms with van der Waals surface area (Å²) in [5.41, 5.74) is 2.87. The molecule has 0 amide bonds. The number of hydrogen-bond donors (Lipinski definition) is 1. The molecule has 154 valence electrons. The van der Waals surface area contributed by atoms with E-state index in [2.05, 4.69) is 6.92 Å². The topological polar surface area (TPSA) is 81.4 Å². The first kappa shape index (κ1) is 19.3. The fourth-order valence-corrected chi connectivity index (χ4v) is 4.84. The molecule has 30 heavy (non-hydrogen) atoms. The maximum absolute atomic E-state index is 13.3. The Morgan fingerprint density at radius 3 is 2.77 bits per heavy atom. The van der Waals surface area contributed by atoms with E-state index in [-0.39, 0.29) is 18.6 Å². The molecule has 1 atom stereocenters. The number of ether oxygens (including phenoxy) is 1. The quantitative estimate of drug-likeness (QED) is 0.507. The van der Waals surface area contributed by atoms with Gasteiger partial charge in [0.15, 0.2) is 5.60 Å². The third-order valence-corrected chi connectivity index (χ3v) is 6.50. The van der Waals surface area contributed by atoms with Gasteiger partial charge in [0.25, 0.3) is 5.56 Å². The van der Waals surface area contributed by atoms with Crippen molar-refractivity contribution in [1.82, 2.24) is 9.55 Å². The number of esters is 1. The fraction of sp³-hybridized carbons (Fsp3) is 0.348. The van der Waals surface area contributed by atoms with Crippen molar-refractivity contribution < 1.29 is 14.6 Å². The van der Waals surface area contributed by atoms with Crippen LogP contribution >= 0.6 is 11.6 Å². The first-order chi connectivity index (χ1) is 14.4. The van der Waals surface area contributed by atoms with Gasteiger partial charge in [0.1, 0.15) is 6.61 Å². The van der Waals surface area contributed by atoms with E-state index >= 15 is 0 Å². The van der Waals surface area contributed by atoms with E-state index in [0.717, 1.165) is 34.9 Å². The number of carbonyl (C=O) groups is 1. The molecule has 0 aliphatic carbocycles. The molecule has 5 rings (SSSR count). The Kier molecular flexibility index (Phi) is 4.27. The van der Waals surface area contributed by atoms with Gasteiger partial charge in [-0.1, -0.05) is 37.9 Å². The van der Waals surface area contributed by atoms with Gasteiger partial charge in [0.2, 0.25) is 0 Å². The Hall–Kier alpha value is -2.70. The van der Waals surface area contributed by atoms with E-state index in [1.165, 1.54) is 0 Å². The second kappa shape index (κ2) is 6.65. The molecule has 7 heteroatoms. The number of halogens is 1. The Labute approximate surface area is 178 Å². The molecule has 0 saturated heterocycles. The summed E-state index contributed by atoms with van der Waals surface area (Å²) in [6, 6.07) is 7.41. The van der Waals surface area contributed by atoms with Gasteiger partial charge in [-0.3, -0.25) is 4.79 Å². The zero-order valence-electron chi connectivity index (χ0n) is 16.8. The number of carbonyl (C=O) groups excluding carboxylic acids is 1. The molecule has 0 saturated carbocycles. The van der Waals surface area contributed by atoms with Crippen molar-refractivity contribution in [2.75, 3.05) is 0 Å². The lowest BCUT2D eigenvalue weighted by molar-refractivity contribution is -0.172. The predicted molar refractivity (Wildman–Crippen MR) is 114 cm³/mol. The van der Waals surface area contributed by atoms with Crippen LogP contribution in [0.5, 0.6) is 0 Å². The number of nitrogens with zero attached hydrogens (tertiary/aromatic N) is 2. The minimum absolute atomic E-state index is 0.121. The van der Waals surface area contributed by atoms with E-state index in [0.29, 0.717) is 34.1 Å². The molecule has 2 aliphatic heterocycles. The summed E-state index contributed by atoms with van der Waals surface area (Å²) in [7, 11) is 0. The Bertz CT molecular complexity index is 1300. The Morgan fingerprint density at radius 2 is 2.03 bits per heavy atom. The summed E-state index contributed by atoms with van der Waals surface area (Å²) in [6.45, 7) is 4.10. The van der Waals surface area contributed by atoms with Gasteiger partial charge in [-0.15, -0.1) is 0 Å². The first-order valence-corrected chi connectivity index (χ1v) is 10.5. The normalized spacial score (nSPS) is 19.4. The van der Waals surface area contributed by atoms with Gasteiger partial charge in [0, 0.05) is 21.5 Å². The molecule has 4 heterocycles. The molecular weight excluding hydrogens is 404 g/mol. The van der Waals surface area contributed by atoms with Crippen molar-refractivity contribution in [3.63, 3.8) is 0 Å². The summed E-state index contributed by atoms with van der Waals surface area (Å²) in [5.74, 6) is -0.718. The van der Waals surface area contributed by atoms with Crippen molar-refractivity contribution in [3.8, 4) is 11.4 Å². The molecule has 2 aliphatic rings. The molecule has 1 N–H and O–H groups in total. The van der Waals surface area contributed by atoms with Crippen molar-refractivity contribution in [1.29, 1.82) is 0 Å². The summed E-state index contributed by atoms with van der Waals surface area (Å²) < 4.78 is 6.81. The number of benzene rings is 1. The molecule has 6 nitrogen and oxygen atoms in total. The highest BCUT2D eigenvalue weighted by molar-refractivity contribution is 6.31. The number of aromatic nitrogens is 2. The predicted octanol–water partition coefficient (Wildman–Crippen LogP) is 3.69. The first-order valence-electron chi connectivity index (χ1n) is 10.2. The number of fused-ring (bicyclic) bond motifs is 5. The summed E-state index contributed by atoms with van der Waals surface area (Å²) in [5, 5.41) is 12.6. The average Bonchev–Trinajstić information content (AvgIpc) is 3.10. The number of aliphatic hydroxyl groups is 1. The van der Waals surface area contributed by atoms with Crippen LogP contribution in [0, 0.1) is 0 Å². The summed E-state index contributed by atoms with van der Waals surface area (Å²) in [4.78, 5) is 30.5. The van der Waals surface area contributed by atoms with E-state index in [1.807, 2.05) is 18.2 Å². The third-order valence-electron chi connectivity index (χ3n) is 6.27. The Morgan fingerprint density at radius 1 is 1.23 bits per heavy atom. The second-order valence-corrected chi connectivity index (χ2v) is 8.37. The van der Waals surface area contributed by atoms with Crippen LogP contribution < -0.4 is 5.56 Å². The molecule has 2 aromatic heterocycles. The van der Waals surface area contributed by atoms with Crippen LogP contribution in [0.2, 0.25) is 5.02 Å². The van der Waals surface area contributed by atoms with Crippen LogP contribution in [0.3, 0.4) is 0 Å². The number of hydrogen-bond acceptors (Lipinski definition) is 5. The molecule has 0 bridgehead atoms. The van der Waals surface area contributed by atoms with Crippen LogP contribution in [-0.2, 0) is 34.7 Å².